The molecule has 1 aromatic heterocycles. The van der Waals surface area contributed by atoms with E-state index in [1.54, 1.807) is 23.1 Å². The lowest BCUT2D eigenvalue weighted by atomic mass is 10.1. The van der Waals surface area contributed by atoms with E-state index in [1.807, 2.05) is 49.4 Å². The van der Waals surface area contributed by atoms with Gasteiger partial charge in [0.05, 0.1) is 12.1 Å². The van der Waals surface area contributed by atoms with Gasteiger partial charge >= 0.3 is 0 Å². The van der Waals surface area contributed by atoms with Crippen LogP contribution in [0.2, 0.25) is 0 Å². The lowest BCUT2D eigenvalue weighted by Gasteiger charge is -2.10. The highest BCUT2D eigenvalue weighted by Gasteiger charge is 2.08. The van der Waals surface area contributed by atoms with Crippen molar-refractivity contribution in [2.45, 2.75) is 24.0 Å². The molecule has 1 N–H and O–H groups in total. The number of thioether (sulfide) groups is 1. The van der Waals surface area contributed by atoms with Crippen molar-refractivity contribution in [3.05, 3.63) is 82.0 Å². The quantitative estimate of drug-likeness (QED) is 0.590. The summed E-state index contributed by atoms with van der Waals surface area (Å²) in [6.07, 6.45) is 0.393. The Balaban J connectivity index is 1.63. The SMILES string of the molecule is Cc1ccc(CC(=O)Nc2ccccc2SCc2ccsc2)cc1. The van der Waals surface area contributed by atoms with E-state index in [1.165, 1.54) is 11.1 Å². The Morgan fingerprint density at radius 1 is 1.04 bits per heavy atom. The van der Waals surface area contributed by atoms with E-state index in [9.17, 15) is 4.79 Å². The number of rotatable bonds is 6. The van der Waals surface area contributed by atoms with E-state index in [0.717, 1.165) is 21.9 Å². The minimum atomic E-state index is 0.0161. The predicted molar refractivity (Wildman–Crippen MR) is 104 cm³/mol. The summed E-state index contributed by atoms with van der Waals surface area (Å²) in [4.78, 5) is 13.4. The van der Waals surface area contributed by atoms with Crippen molar-refractivity contribution < 1.29 is 4.79 Å². The molecule has 24 heavy (non-hydrogen) atoms. The zero-order valence-corrected chi connectivity index (χ0v) is 15.1. The van der Waals surface area contributed by atoms with Gasteiger partial charge in [-0.05, 0) is 47.0 Å². The number of hydrogen-bond acceptors (Lipinski definition) is 3. The van der Waals surface area contributed by atoms with Crippen molar-refractivity contribution in [2.24, 2.45) is 0 Å². The number of hydrogen-bond donors (Lipinski definition) is 1. The van der Waals surface area contributed by atoms with E-state index in [0.29, 0.717) is 6.42 Å². The van der Waals surface area contributed by atoms with Crippen LogP contribution >= 0.6 is 23.1 Å². The summed E-state index contributed by atoms with van der Waals surface area (Å²) in [6.45, 7) is 2.05. The molecule has 122 valence electrons. The third kappa shape index (κ3) is 4.73. The Morgan fingerprint density at radius 2 is 1.83 bits per heavy atom. The Kier molecular flexibility index (Phi) is 5.72. The zero-order chi connectivity index (χ0) is 16.8. The first kappa shape index (κ1) is 16.8. The van der Waals surface area contributed by atoms with Crippen LogP contribution in [0.5, 0.6) is 0 Å². The molecule has 3 rings (SSSR count). The first-order valence-electron chi connectivity index (χ1n) is 7.79. The molecule has 1 amide bonds. The third-order valence-electron chi connectivity index (χ3n) is 3.62. The fourth-order valence-corrected chi connectivity index (χ4v) is 4.04. The summed E-state index contributed by atoms with van der Waals surface area (Å²) in [5, 5.41) is 7.29. The molecule has 0 spiro atoms. The van der Waals surface area contributed by atoms with Crippen LogP contribution in [-0.2, 0) is 17.0 Å². The first-order chi connectivity index (χ1) is 11.7. The second kappa shape index (κ2) is 8.18. The highest BCUT2D eigenvalue weighted by atomic mass is 32.2. The molecule has 0 unspecified atom stereocenters. The van der Waals surface area contributed by atoms with E-state index in [4.69, 9.17) is 0 Å². The van der Waals surface area contributed by atoms with Gasteiger partial charge in [0.1, 0.15) is 0 Å². The Labute approximate surface area is 150 Å². The Bertz CT molecular complexity index is 795. The normalized spacial score (nSPS) is 10.5. The molecule has 2 nitrogen and oxygen atoms in total. The van der Waals surface area contributed by atoms with Crippen LogP contribution in [0.1, 0.15) is 16.7 Å². The Hall–Kier alpha value is -2.04. The maximum atomic E-state index is 12.3. The number of carbonyl (C=O) groups excluding carboxylic acids is 1. The molecule has 0 radical (unpaired) electrons. The molecular weight excluding hydrogens is 334 g/mol. The molecule has 0 saturated carbocycles. The van der Waals surface area contributed by atoms with Gasteiger partial charge < -0.3 is 5.32 Å². The maximum absolute atomic E-state index is 12.3. The number of anilines is 1. The van der Waals surface area contributed by atoms with Gasteiger partial charge in [0.2, 0.25) is 5.91 Å². The maximum Gasteiger partial charge on any atom is 0.228 e. The van der Waals surface area contributed by atoms with Gasteiger partial charge in [0.15, 0.2) is 0 Å². The highest BCUT2D eigenvalue weighted by Crippen LogP contribution is 2.30. The average molecular weight is 354 g/mol. The summed E-state index contributed by atoms with van der Waals surface area (Å²) >= 11 is 3.46. The molecule has 0 saturated heterocycles. The first-order valence-corrected chi connectivity index (χ1v) is 9.72. The molecule has 0 atom stereocenters. The van der Waals surface area contributed by atoms with Crippen LogP contribution in [0, 0.1) is 6.92 Å². The van der Waals surface area contributed by atoms with Crippen molar-refractivity contribution in [3.63, 3.8) is 0 Å². The molecule has 2 aromatic carbocycles. The molecule has 4 heteroatoms. The van der Waals surface area contributed by atoms with Crippen LogP contribution < -0.4 is 5.32 Å². The lowest BCUT2D eigenvalue weighted by molar-refractivity contribution is -0.115. The van der Waals surface area contributed by atoms with Gasteiger partial charge in [-0.25, -0.2) is 0 Å². The summed E-state index contributed by atoms with van der Waals surface area (Å²) in [7, 11) is 0. The van der Waals surface area contributed by atoms with Gasteiger partial charge in [0.25, 0.3) is 0 Å². The van der Waals surface area contributed by atoms with E-state index in [-0.39, 0.29) is 5.91 Å². The summed E-state index contributed by atoms with van der Waals surface area (Å²) in [5.41, 5.74) is 4.43. The topological polar surface area (TPSA) is 29.1 Å². The second-order valence-electron chi connectivity index (χ2n) is 5.63. The fraction of sp³-hybridized carbons (Fsp3) is 0.150. The molecule has 1 heterocycles. The van der Waals surface area contributed by atoms with Crippen LogP contribution in [0.4, 0.5) is 5.69 Å². The molecular formula is C20H19NOS2. The monoisotopic (exact) mass is 353 g/mol. The lowest BCUT2D eigenvalue weighted by Crippen LogP contribution is -2.14. The zero-order valence-electron chi connectivity index (χ0n) is 13.5. The second-order valence-corrected chi connectivity index (χ2v) is 7.42. The van der Waals surface area contributed by atoms with Gasteiger partial charge in [0, 0.05) is 10.6 Å². The average Bonchev–Trinajstić information content (AvgIpc) is 3.10. The fourth-order valence-electron chi connectivity index (χ4n) is 2.32. The molecule has 0 aliphatic rings. The van der Waals surface area contributed by atoms with Gasteiger partial charge in [-0.3, -0.25) is 4.79 Å². The third-order valence-corrected chi connectivity index (χ3v) is 5.50. The number of thiophene rings is 1. The van der Waals surface area contributed by atoms with Gasteiger partial charge in [-0.1, -0.05) is 42.0 Å². The van der Waals surface area contributed by atoms with Crippen molar-refractivity contribution in [2.75, 3.05) is 5.32 Å². The number of nitrogens with one attached hydrogen (secondary N) is 1. The van der Waals surface area contributed by atoms with E-state index >= 15 is 0 Å². The molecule has 0 aliphatic heterocycles. The minimum Gasteiger partial charge on any atom is -0.325 e. The highest BCUT2D eigenvalue weighted by molar-refractivity contribution is 7.98. The molecule has 0 bridgehead atoms. The van der Waals surface area contributed by atoms with Crippen molar-refractivity contribution in [3.8, 4) is 0 Å². The standard InChI is InChI=1S/C20H19NOS2/c1-15-6-8-16(9-7-15)12-20(22)21-18-4-2-3-5-19(18)24-14-17-10-11-23-13-17/h2-11,13H,12,14H2,1H3,(H,21,22). The van der Waals surface area contributed by atoms with Crippen LogP contribution in [-0.4, -0.2) is 5.91 Å². The largest absolute Gasteiger partial charge is 0.325 e. The van der Waals surface area contributed by atoms with Gasteiger partial charge in [-0.15, -0.1) is 11.8 Å². The summed E-state index contributed by atoms with van der Waals surface area (Å²) in [5.74, 6) is 0.927. The van der Waals surface area contributed by atoms with Crippen molar-refractivity contribution in [1.29, 1.82) is 0 Å². The van der Waals surface area contributed by atoms with Gasteiger partial charge in [-0.2, -0.15) is 11.3 Å². The number of benzene rings is 2. The van der Waals surface area contributed by atoms with Crippen LogP contribution in [0.15, 0.2) is 70.3 Å². The van der Waals surface area contributed by atoms with E-state index < -0.39 is 0 Å². The Morgan fingerprint density at radius 3 is 2.58 bits per heavy atom. The summed E-state index contributed by atoms with van der Waals surface area (Å²) in [6, 6.07) is 18.2. The molecule has 0 fully saturated rings. The number of para-hydroxylation sites is 1. The van der Waals surface area contributed by atoms with Crippen molar-refractivity contribution >= 4 is 34.7 Å². The summed E-state index contributed by atoms with van der Waals surface area (Å²) < 4.78 is 0. The van der Waals surface area contributed by atoms with Crippen molar-refractivity contribution in [1.82, 2.24) is 0 Å². The minimum absolute atomic E-state index is 0.0161. The number of carbonyl (C=O) groups is 1. The number of amides is 1. The predicted octanol–water partition coefficient (Wildman–Crippen LogP) is 5.53. The van der Waals surface area contributed by atoms with Crippen LogP contribution in [0.25, 0.3) is 0 Å². The smallest absolute Gasteiger partial charge is 0.228 e. The van der Waals surface area contributed by atoms with E-state index in [2.05, 4.69) is 28.2 Å². The number of aryl methyl sites for hydroxylation is 1. The molecule has 3 aromatic rings. The van der Waals surface area contributed by atoms with Crippen LogP contribution in [0.3, 0.4) is 0 Å². The molecule has 0 aliphatic carbocycles.